The van der Waals surface area contributed by atoms with Gasteiger partial charge in [0.15, 0.2) is 0 Å². The van der Waals surface area contributed by atoms with Gasteiger partial charge in [-0.2, -0.15) is 5.26 Å². The summed E-state index contributed by atoms with van der Waals surface area (Å²) in [7, 11) is 0. The molecule has 0 unspecified atom stereocenters. The monoisotopic (exact) mass is 294 g/mol. The maximum absolute atomic E-state index is 13.6. The largest absolute Gasteiger partial charge is 0.338 e. The lowest BCUT2D eigenvalue weighted by Gasteiger charge is -2.31. The topological polar surface area (TPSA) is 52.9 Å². The average Bonchev–Trinajstić information content (AvgIpc) is 2.44. The Morgan fingerprint density at radius 2 is 2.10 bits per heavy atom. The summed E-state index contributed by atoms with van der Waals surface area (Å²) in [6.07, 6.45) is 4.09. The predicted molar refractivity (Wildman–Crippen MR) is 74.7 cm³/mol. The van der Waals surface area contributed by atoms with E-state index < -0.39 is 11.4 Å². The molecule has 3 nitrogen and oxygen atoms in total. The van der Waals surface area contributed by atoms with E-state index in [0.717, 1.165) is 19.3 Å². The SMILES string of the molecule is N#CC1(NC(=O)Cc2c(F)cccc2Cl)CCCCC1. The molecule has 2 rings (SSSR count). The summed E-state index contributed by atoms with van der Waals surface area (Å²) in [4.78, 5) is 12.1. The second kappa shape index (κ2) is 6.23. The Morgan fingerprint density at radius 1 is 1.40 bits per heavy atom. The number of carbonyl (C=O) groups is 1. The molecule has 0 saturated heterocycles. The number of hydrogen-bond donors (Lipinski definition) is 1. The van der Waals surface area contributed by atoms with Gasteiger partial charge in [-0.15, -0.1) is 0 Å². The van der Waals surface area contributed by atoms with Gasteiger partial charge in [-0.25, -0.2) is 4.39 Å². The van der Waals surface area contributed by atoms with E-state index in [-0.39, 0.29) is 22.9 Å². The van der Waals surface area contributed by atoms with Crippen LogP contribution in [0.25, 0.3) is 0 Å². The van der Waals surface area contributed by atoms with E-state index in [0.29, 0.717) is 12.8 Å². The van der Waals surface area contributed by atoms with E-state index in [1.54, 1.807) is 6.07 Å². The van der Waals surface area contributed by atoms with Crippen LogP contribution in [0.5, 0.6) is 0 Å². The molecule has 1 saturated carbocycles. The maximum atomic E-state index is 13.6. The molecule has 1 N–H and O–H groups in total. The summed E-state index contributed by atoms with van der Waals surface area (Å²) in [5.74, 6) is -0.859. The number of amides is 1. The summed E-state index contributed by atoms with van der Waals surface area (Å²) >= 11 is 5.90. The average molecular weight is 295 g/mol. The van der Waals surface area contributed by atoms with Crippen molar-refractivity contribution >= 4 is 17.5 Å². The molecule has 5 heteroatoms. The van der Waals surface area contributed by atoms with Crippen LogP contribution in [0.4, 0.5) is 4.39 Å². The second-order valence-electron chi connectivity index (χ2n) is 5.18. The fourth-order valence-electron chi connectivity index (χ4n) is 2.59. The Hall–Kier alpha value is -1.60. The van der Waals surface area contributed by atoms with Crippen LogP contribution in [-0.4, -0.2) is 11.4 Å². The molecule has 1 aromatic rings. The first-order chi connectivity index (χ1) is 9.56. The molecule has 1 fully saturated rings. The van der Waals surface area contributed by atoms with Crippen LogP contribution in [0.15, 0.2) is 18.2 Å². The van der Waals surface area contributed by atoms with Gasteiger partial charge in [-0.3, -0.25) is 4.79 Å². The van der Waals surface area contributed by atoms with Gasteiger partial charge in [0.25, 0.3) is 0 Å². The van der Waals surface area contributed by atoms with Crippen LogP contribution >= 0.6 is 11.6 Å². The number of carbonyl (C=O) groups excluding carboxylic acids is 1. The van der Waals surface area contributed by atoms with Crippen molar-refractivity contribution in [2.45, 2.75) is 44.1 Å². The molecule has 1 amide bonds. The van der Waals surface area contributed by atoms with Crippen LogP contribution in [-0.2, 0) is 11.2 Å². The van der Waals surface area contributed by atoms with E-state index in [2.05, 4.69) is 11.4 Å². The van der Waals surface area contributed by atoms with Gasteiger partial charge >= 0.3 is 0 Å². The molecule has 20 heavy (non-hydrogen) atoms. The van der Waals surface area contributed by atoms with Crippen LogP contribution in [0, 0.1) is 17.1 Å². The van der Waals surface area contributed by atoms with Crippen LogP contribution < -0.4 is 5.32 Å². The molecule has 0 aliphatic heterocycles. The highest BCUT2D eigenvalue weighted by molar-refractivity contribution is 6.31. The summed E-state index contributed by atoms with van der Waals surface area (Å²) in [5.41, 5.74) is -0.622. The second-order valence-corrected chi connectivity index (χ2v) is 5.59. The molecule has 0 heterocycles. The smallest absolute Gasteiger partial charge is 0.225 e. The van der Waals surface area contributed by atoms with Gasteiger partial charge in [0.2, 0.25) is 5.91 Å². The summed E-state index contributed by atoms with van der Waals surface area (Å²) in [5, 5.41) is 12.3. The first kappa shape index (κ1) is 14.8. The maximum Gasteiger partial charge on any atom is 0.225 e. The number of nitriles is 1. The van der Waals surface area contributed by atoms with Gasteiger partial charge in [0.1, 0.15) is 11.4 Å². The quantitative estimate of drug-likeness (QED) is 0.929. The highest BCUT2D eigenvalue weighted by Gasteiger charge is 2.33. The Bertz CT molecular complexity index is 527. The third-order valence-corrected chi connectivity index (χ3v) is 4.05. The fraction of sp³-hybridized carbons (Fsp3) is 0.467. The first-order valence-corrected chi connectivity index (χ1v) is 7.09. The van der Waals surface area contributed by atoms with Crippen molar-refractivity contribution in [2.75, 3.05) is 0 Å². The van der Waals surface area contributed by atoms with Gasteiger partial charge in [0, 0.05) is 10.6 Å². The van der Waals surface area contributed by atoms with Gasteiger partial charge in [0.05, 0.1) is 12.5 Å². The molecular weight excluding hydrogens is 279 g/mol. The Kier molecular flexibility index (Phi) is 4.61. The minimum atomic E-state index is -0.799. The summed E-state index contributed by atoms with van der Waals surface area (Å²) in [6.45, 7) is 0. The van der Waals surface area contributed by atoms with E-state index in [9.17, 15) is 14.4 Å². The van der Waals surface area contributed by atoms with Crippen LogP contribution in [0.2, 0.25) is 5.02 Å². The number of benzene rings is 1. The molecule has 0 spiro atoms. The zero-order valence-electron chi connectivity index (χ0n) is 11.1. The van der Waals surface area contributed by atoms with Crippen LogP contribution in [0.1, 0.15) is 37.7 Å². The summed E-state index contributed by atoms with van der Waals surface area (Å²) in [6, 6.07) is 6.52. The third-order valence-electron chi connectivity index (χ3n) is 3.70. The highest BCUT2D eigenvalue weighted by Crippen LogP contribution is 2.28. The van der Waals surface area contributed by atoms with Gasteiger partial charge < -0.3 is 5.32 Å². The molecule has 0 aromatic heterocycles. The van der Waals surface area contributed by atoms with Crippen molar-refractivity contribution in [2.24, 2.45) is 0 Å². The molecule has 0 bridgehead atoms. The molecule has 106 valence electrons. The molecule has 1 aliphatic rings. The van der Waals surface area contributed by atoms with Crippen molar-refractivity contribution in [3.8, 4) is 6.07 Å². The minimum absolute atomic E-state index is 0.144. The molecule has 0 radical (unpaired) electrons. The number of hydrogen-bond acceptors (Lipinski definition) is 2. The van der Waals surface area contributed by atoms with Gasteiger partial charge in [-0.05, 0) is 25.0 Å². The normalized spacial score (nSPS) is 17.2. The standard InChI is InChI=1S/C15H16ClFN2O/c16-12-5-4-6-13(17)11(12)9-14(20)19-15(10-18)7-2-1-3-8-15/h4-6H,1-3,7-9H2,(H,19,20). The molecular formula is C15H16ClFN2O. The third kappa shape index (κ3) is 3.29. The van der Waals surface area contributed by atoms with Gasteiger partial charge in [-0.1, -0.05) is 36.9 Å². The van der Waals surface area contributed by atoms with Crippen molar-refractivity contribution in [1.29, 1.82) is 5.26 Å². The Labute approximate surface area is 122 Å². The highest BCUT2D eigenvalue weighted by atomic mass is 35.5. The van der Waals surface area contributed by atoms with E-state index in [1.807, 2.05) is 0 Å². The summed E-state index contributed by atoms with van der Waals surface area (Å²) < 4.78 is 13.6. The minimum Gasteiger partial charge on any atom is -0.338 e. The van der Waals surface area contributed by atoms with Crippen molar-refractivity contribution < 1.29 is 9.18 Å². The number of rotatable bonds is 3. The first-order valence-electron chi connectivity index (χ1n) is 6.71. The van der Waals surface area contributed by atoms with Crippen molar-refractivity contribution in [3.63, 3.8) is 0 Å². The molecule has 1 aliphatic carbocycles. The number of nitrogens with zero attached hydrogens (tertiary/aromatic N) is 1. The lowest BCUT2D eigenvalue weighted by Crippen LogP contribution is -2.49. The number of halogens is 2. The van der Waals surface area contributed by atoms with E-state index in [1.165, 1.54) is 12.1 Å². The lowest BCUT2D eigenvalue weighted by molar-refractivity contribution is -0.122. The van der Waals surface area contributed by atoms with Crippen molar-refractivity contribution in [3.05, 3.63) is 34.6 Å². The number of nitrogens with one attached hydrogen (secondary N) is 1. The molecule has 0 atom stereocenters. The van der Waals surface area contributed by atoms with E-state index in [4.69, 9.17) is 11.6 Å². The Morgan fingerprint density at radius 3 is 2.70 bits per heavy atom. The zero-order valence-corrected chi connectivity index (χ0v) is 11.8. The Balaban J connectivity index is 2.07. The molecule has 1 aromatic carbocycles. The lowest BCUT2D eigenvalue weighted by atomic mass is 9.82. The fourth-order valence-corrected chi connectivity index (χ4v) is 2.82. The van der Waals surface area contributed by atoms with Crippen molar-refractivity contribution in [1.82, 2.24) is 5.32 Å². The zero-order chi connectivity index (χ0) is 14.6. The van der Waals surface area contributed by atoms with Crippen LogP contribution in [0.3, 0.4) is 0 Å². The van der Waals surface area contributed by atoms with E-state index >= 15 is 0 Å². The predicted octanol–water partition coefficient (Wildman–Crippen LogP) is 3.36.